The molecule has 25 heavy (non-hydrogen) atoms. The minimum Gasteiger partial charge on any atom is -0.326 e. The van der Waals surface area contributed by atoms with Gasteiger partial charge in [-0.1, -0.05) is 6.42 Å². The second kappa shape index (κ2) is 6.27. The Labute approximate surface area is 144 Å². The molecule has 6 heteroatoms. The van der Waals surface area contributed by atoms with Gasteiger partial charge in [-0.15, -0.1) is 0 Å². The van der Waals surface area contributed by atoms with Crippen molar-refractivity contribution in [2.45, 2.75) is 44.6 Å². The molecule has 0 spiro atoms. The molecule has 1 fully saturated rings. The minimum atomic E-state index is -0.185. The minimum absolute atomic E-state index is 0.00393. The fourth-order valence-electron chi connectivity index (χ4n) is 3.29. The lowest BCUT2D eigenvalue weighted by Crippen LogP contribution is -2.26. The molecule has 0 radical (unpaired) electrons. The smallest absolute Gasteiger partial charge is 0.253 e. The molecule has 1 aromatic heterocycles. The lowest BCUT2D eigenvalue weighted by molar-refractivity contribution is -0.116. The van der Waals surface area contributed by atoms with Crippen LogP contribution in [-0.2, 0) is 17.8 Å². The topological polar surface area (TPSA) is 81.1 Å². The van der Waals surface area contributed by atoms with Gasteiger partial charge in [-0.25, -0.2) is 4.98 Å². The Bertz CT molecular complexity index is 912. The number of ketones is 1. The van der Waals surface area contributed by atoms with Crippen LogP contribution >= 0.6 is 0 Å². The molecular formula is C19H19N3O3. The first-order valence-electron chi connectivity index (χ1n) is 8.62. The molecular weight excluding hydrogens is 318 g/mol. The lowest BCUT2D eigenvalue weighted by Gasteiger charge is -2.24. The van der Waals surface area contributed by atoms with Crippen molar-refractivity contribution in [3.8, 4) is 0 Å². The number of nitrogens with zero attached hydrogens (tertiary/aromatic N) is 2. The monoisotopic (exact) mass is 337 g/mol. The van der Waals surface area contributed by atoms with Crippen LogP contribution in [0.25, 0.3) is 0 Å². The van der Waals surface area contributed by atoms with Crippen LogP contribution in [0.2, 0.25) is 0 Å². The van der Waals surface area contributed by atoms with Crippen molar-refractivity contribution >= 4 is 17.4 Å². The van der Waals surface area contributed by atoms with Crippen LogP contribution in [0, 0.1) is 0 Å². The van der Waals surface area contributed by atoms with Crippen LogP contribution in [0.5, 0.6) is 0 Å². The summed E-state index contributed by atoms with van der Waals surface area (Å²) in [7, 11) is 0. The summed E-state index contributed by atoms with van der Waals surface area (Å²) in [6.07, 6.45) is 5.89. The van der Waals surface area contributed by atoms with E-state index in [1.807, 2.05) is 0 Å². The van der Waals surface area contributed by atoms with Gasteiger partial charge in [0.15, 0.2) is 5.78 Å². The normalized spacial score (nSPS) is 16.7. The van der Waals surface area contributed by atoms with E-state index in [2.05, 4.69) is 10.3 Å². The molecule has 1 saturated carbocycles. The quantitative estimate of drug-likeness (QED) is 0.868. The molecule has 1 N–H and O–H groups in total. The Balaban J connectivity index is 1.52. The van der Waals surface area contributed by atoms with E-state index in [1.54, 1.807) is 24.3 Å². The summed E-state index contributed by atoms with van der Waals surface area (Å²) in [4.78, 5) is 40.5. The number of hydrogen-bond acceptors (Lipinski definition) is 4. The van der Waals surface area contributed by atoms with Gasteiger partial charge in [0.2, 0.25) is 5.91 Å². The molecule has 0 atom stereocenters. The first-order valence-corrected chi connectivity index (χ1v) is 8.62. The molecule has 2 aromatic rings. The van der Waals surface area contributed by atoms with E-state index in [9.17, 15) is 14.4 Å². The Kier molecular flexibility index (Phi) is 3.95. The Hall–Kier alpha value is -2.76. The highest BCUT2D eigenvalue weighted by Gasteiger charge is 2.22. The van der Waals surface area contributed by atoms with Crippen LogP contribution in [0.4, 0.5) is 5.69 Å². The number of hydrogen-bond donors (Lipinski definition) is 1. The number of nitrogens with one attached hydrogen (secondary N) is 1. The van der Waals surface area contributed by atoms with Crippen LogP contribution in [0.15, 0.2) is 35.4 Å². The van der Waals surface area contributed by atoms with Gasteiger partial charge < -0.3 is 5.32 Å². The van der Waals surface area contributed by atoms with Crippen LogP contribution in [-0.4, -0.2) is 21.2 Å². The van der Waals surface area contributed by atoms with Crippen molar-refractivity contribution in [2.24, 2.45) is 0 Å². The van der Waals surface area contributed by atoms with Crippen molar-refractivity contribution < 1.29 is 9.59 Å². The molecule has 6 nitrogen and oxygen atoms in total. The maximum atomic E-state index is 12.5. The number of aryl methyl sites for hydroxylation is 1. The zero-order valence-electron chi connectivity index (χ0n) is 13.8. The summed E-state index contributed by atoms with van der Waals surface area (Å²) >= 11 is 0. The number of Topliss-reactive ketones (excluding diaryl/α,β-unsaturated/α-hetero) is 1. The number of rotatable bonds is 4. The van der Waals surface area contributed by atoms with E-state index >= 15 is 0 Å². The van der Waals surface area contributed by atoms with Crippen LogP contribution in [0.1, 0.15) is 53.2 Å². The first kappa shape index (κ1) is 15.7. The predicted molar refractivity (Wildman–Crippen MR) is 92.8 cm³/mol. The van der Waals surface area contributed by atoms with Gasteiger partial charge in [0.25, 0.3) is 5.56 Å². The number of amides is 1. The number of carbonyl (C=O) groups excluding carboxylic acids is 2. The Morgan fingerprint density at radius 2 is 2.04 bits per heavy atom. The second-order valence-electron chi connectivity index (χ2n) is 6.75. The largest absolute Gasteiger partial charge is 0.326 e. The second-order valence-corrected chi connectivity index (χ2v) is 6.75. The fraction of sp³-hybridized carbons (Fsp3) is 0.368. The van der Waals surface area contributed by atoms with Gasteiger partial charge >= 0.3 is 0 Å². The molecule has 128 valence electrons. The maximum absolute atomic E-state index is 12.5. The molecule has 1 aromatic carbocycles. The maximum Gasteiger partial charge on any atom is 0.253 e. The molecule has 0 unspecified atom stereocenters. The van der Waals surface area contributed by atoms with Crippen LogP contribution < -0.4 is 10.9 Å². The fourth-order valence-corrected chi connectivity index (χ4v) is 3.29. The van der Waals surface area contributed by atoms with Crippen molar-refractivity contribution in [1.29, 1.82) is 0 Å². The van der Waals surface area contributed by atoms with Gasteiger partial charge in [-0.05, 0) is 43.0 Å². The van der Waals surface area contributed by atoms with E-state index in [4.69, 9.17) is 0 Å². The standard InChI is InChI=1S/C19H19N3O3/c23-17(14-4-6-15-13(8-14)5-7-18(24)21-15)10-22-11-20-16(9-19(22)25)12-2-1-3-12/h4,6,8-9,11-12H,1-3,5,7,10H2,(H,21,24). The molecule has 0 bridgehead atoms. The van der Waals surface area contributed by atoms with Gasteiger partial charge in [0.1, 0.15) is 0 Å². The summed E-state index contributed by atoms with van der Waals surface area (Å²) in [5.41, 5.74) is 2.91. The van der Waals surface area contributed by atoms with E-state index < -0.39 is 0 Å². The SMILES string of the molecule is O=C1CCc2cc(C(=O)Cn3cnc(C4CCC4)cc3=O)ccc2N1. The summed E-state index contributed by atoms with van der Waals surface area (Å²) in [6, 6.07) is 6.80. The zero-order chi connectivity index (χ0) is 17.4. The van der Waals surface area contributed by atoms with Gasteiger partial charge in [0.05, 0.1) is 18.6 Å². The number of benzene rings is 1. The molecule has 1 amide bonds. The molecule has 1 aliphatic heterocycles. The first-order chi connectivity index (χ1) is 12.1. The van der Waals surface area contributed by atoms with E-state index in [0.29, 0.717) is 24.3 Å². The zero-order valence-corrected chi connectivity index (χ0v) is 13.8. The number of fused-ring (bicyclic) bond motifs is 1. The molecule has 4 rings (SSSR count). The van der Waals surface area contributed by atoms with E-state index in [1.165, 1.54) is 17.3 Å². The van der Waals surface area contributed by atoms with Crippen molar-refractivity contribution in [2.75, 3.05) is 5.32 Å². The van der Waals surface area contributed by atoms with Gasteiger partial charge in [-0.3, -0.25) is 19.0 Å². The highest BCUT2D eigenvalue weighted by Crippen LogP contribution is 2.34. The van der Waals surface area contributed by atoms with Crippen LogP contribution in [0.3, 0.4) is 0 Å². The molecule has 2 aliphatic rings. The van der Waals surface area contributed by atoms with E-state index in [0.717, 1.165) is 29.8 Å². The van der Waals surface area contributed by atoms with Crippen molar-refractivity contribution in [1.82, 2.24) is 9.55 Å². The summed E-state index contributed by atoms with van der Waals surface area (Å²) in [5.74, 6) is 0.254. The van der Waals surface area contributed by atoms with E-state index in [-0.39, 0.29) is 23.8 Å². The highest BCUT2D eigenvalue weighted by molar-refractivity contribution is 5.98. The molecule has 0 saturated heterocycles. The Morgan fingerprint density at radius 3 is 2.76 bits per heavy atom. The number of carbonyl (C=O) groups is 2. The Morgan fingerprint density at radius 1 is 1.20 bits per heavy atom. The molecule has 2 heterocycles. The highest BCUT2D eigenvalue weighted by atomic mass is 16.2. The lowest BCUT2D eigenvalue weighted by atomic mass is 9.83. The summed E-state index contributed by atoms with van der Waals surface area (Å²) in [5, 5.41) is 2.80. The summed E-state index contributed by atoms with van der Waals surface area (Å²) in [6.45, 7) is -0.0259. The average Bonchev–Trinajstić information content (AvgIpc) is 2.55. The third kappa shape index (κ3) is 3.12. The van der Waals surface area contributed by atoms with Crippen molar-refractivity contribution in [3.05, 3.63) is 57.8 Å². The summed E-state index contributed by atoms with van der Waals surface area (Å²) < 4.78 is 1.35. The third-order valence-corrected chi connectivity index (χ3v) is 5.06. The number of aromatic nitrogens is 2. The van der Waals surface area contributed by atoms with Gasteiger partial charge in [0, 0.05) is 29.7 Å². The predicted octanol–water partition coefficient (Wildman–Crippen LogP) is 2.28. The van der Waals surface area contributed by atoms with Crippen molar-refractivity contribution in [3.63, 3.8) is 0 Å². The average molecular weight is 337 g/mol. The van der Waals surface area contributed by atoms with Gasteiger partial charge in [-0.2, -0.15) is 0 Å². The third-order valence-electron chi connectivity index (χ3n) is 5.06. The number of anilines is 1. The molecule has 1 aliphatic carbocycles.